The second-order valence-electron chi connectivity index (χ2n) is 5.65. The summed E-state index contributed by atoms with van der Waals surface area (Å²) in [6, 6.07) is 0.170. The summed E-state index contributed by atoms with van der Waals surface area (Å²) in [4.78, 5) is 0. The molecule has 2 aliphatic heterocycles. The zero-order valence-electron chi connectivity index (χ0n) is 9.66. The Morgan fingerprint density at radius 3 is 2.60 bits per heavy atom. The number of fused-ring (bicyclic) bond motifs is 1. The third kappa shape index (κ3) is 1.92. The number of piperidine rings is 1. The van der Waals surface area contributed by atoms with E-state index in [1.807, 2.05) is 0 Å². The fourth-order valence-electron chi connectivity index (χ4n) is 2.85. The van der Waals surface area contributed by atoms with Crippen LogP contribution in [-0.4, -0.2) is 31.9 Å². The number of hydrogen-bond acceptors (Lipinski definition) is 2. The number of rotatable bonds is 0. The molecule has 2 fully saturated rings. The van der Waals surface area contributed by atoms with Gasteiger partial charge in [-0.05, 0) is 24.2 Å². The van der Waals surface area contributed by atoms with Gasteiger partial charge in [0.15, 0.2) is 0 Å². The van der Waals surface area contributed by atoms with E-state index in [0.717, 1.165) is 12.8 Å². The van der Waals surface area contributed by atoms with E-state index in [2.05, 4.69) is 25.5 Å². The lowest BCUT2D eigenvalue weighted by Gasteiger charge is -2.41. The molecule has 0 aliphatic carbocycles. The molecule has 2 rings (SSSR count). The third-order valence-electron chi connectivity index (χ3n) is 3.62. The monoisotopic (exact) mass is 232 g/mol. The molecule has 5 heteroatoms. The molecule has 0 aromatic heterocycles. The molecule has 0 spiro atoms. The summed E-state index contributed by atoms with van der Waals surface area (Å²) in [5.74, 6) is 0.469. The first kappa shape index (κ1) is 11.4. The van der Waals surface area contributed by atoms with Gasteiger partial charge >= 0.3 is 0 Å². The Morgan fingerprint density at radius 2 is 2.00 bits per heavy atom. The van der Waals surface area contributed by atoms with Gasteiger partial charge < -0.3 is 0 Å². The summed E-state index contributed by atoms with van der Waals surface area (Å²) in [6.07, 6.45) is 2.13. The van der Waals surface area contributed by atoms with Gasteiger partial charge in [0.25, 0.3) is 10.2 Å². The van der Waals surface area contributed by atoms with Crippen molar-refractivity contribution in [1.29, 1.82) is 0 Å². The molecule has 1 N–H and O–H groups in total. The molecule has 0 bridgehead atoms. The van der Waals surface area contributed by atoms with Crippen LogP contribution in [0.1, 0.15) is 33.6 Å². The van der Waals surface area contributed by atoms with Crippen molar-refractivity contribution < 1.29 is 8.42 Å². The predicted octanol–water partition coefficient (Wildman–Crippen LogP) is 0.961. The lowest BCUT2D eigenvalue weighted by atomic mass is 9.72. The molecule has 0 radical (unpaired) electrons. The van der Waals surface area contributed by atoms with E-state index < -0.39 is 10.2 Å². The van der Waals surface area contributed by atoms with E-state index in [0.29, 0.717) is 19.0 Å². The highest BCUT2D eigenvalue weighted by Crippen LogP contribution is 2.39. The molecule has 2 saturated heterocycles. The molecule has 2 heterocycles. The Hall–Kier alpha value is -0.130. The van der Waals surface area contributed by atoms with Crippen molar-refractivity contribution in [2.45, 2.75) is 39.7 Å². The lowest BCUT2D eigenvalue weighted by Crippen LogP contribution is -2.48. The minimum absolute atomic E-state index is 0.170. The first-order valence-electron chi connectivity index (χ1n) is 5.59. The van der Waals surface area contributed by atoms with Crippen LogP contribution in [0.4, 0.5) is 0 Å². The van der Waals surface area contributed by atoms with Crippen LogP contribution in [0.2, 0.25) is 0 Å². The molecule has 2 unspecified atom stereocenters. The smallest absolute Gasteiger partial charge is 0.200 e. The second kappa shape index (κ2) is 3.43. The van der Waals surface area contributed by atoms with E-state index in [4.69, 9.17) is 0 Å². The largest absolute Gasteiger partial charge is 0.279 e. The Bertz CT molecular complexity index is 345. The SMILES string of the molecule is CC(C)(C)C1CCCN2C1CNS2(=O)=O. The van der Waals surface area contributed by atoms with Gasteiger partial charge in [0.2, 0.25) is 0 Å². The number of nitrogens with zero attached hydrogens (tertiary/aromatic N) is 1. The maximum atomic E-state index is 11.7. The van der Waals surface area contributed by atoms with Crippen molar-refractivity contribution in [1.82, 2.24) is 9.03 Å². The normalized spacial score (nSPS) is 36.5. The topological polar surface area (TPSA) is 49.4 Å². The highest BCUT2D eigenvalue weighted by atomic mass is 32.2. The van der Waals surface area contributed by atoms with Crippen LogP contribution in [0.15, 0.2) is 0 Å². The van der Waals surface area contributed by atoms with Crippen molar-refractivity contribution in [2.24, 2.45) is 11.3 Å². The highest BCUT2D eigenvalue weighted by Gasteiger charge is 2.46. The highest BCUT2D eigenvalue weighted by molar-refractivity contribution is 7.87. The van der Waals surface area contributed by atoms with E-state index in [9.17, 15) is 8.42 Å². The van der Waals surface area contributed by atoms with E-state index in [-0.39, 0.29) is 11.5 Å². The van der Waals surface area contributed by atoms with Crippen LogP contribution in [0.25, 0.3) is 0 Å². The van der Waals surface area contributed by atoms with E-state index in [1.54, 1.807) is 4.31 Å². The Morgan fingerprint density at radius 1 is 1.33 bits per heavy atom. The van der Waals surface area contributed by atoms with Gasteiger partial charge in [-0.2, -0.15) is 12.7 Å². The fourth-order valence-corrected chi connectivity index (χ4v) is 4.35. The van der Waals surface area contributed by atoms with Crippen LogP contribution in [0.3, 0.4) is 0 Å². The molecular formula is C10H20N2O2S. The van der Waals surface area contributed by atoms with E-state index in [1.165, 1.54) is 0 Å². The van der Waals surface area contributed by atoms with Crippen molar-refractivity contribution in [3.05, 3.63) is 0 Å². The summed E-state index contributed by atoms with van der Waals surface area (Å²) < 4.78 is 27.7. The van der Waals surface area contributed by atoms with Gasteiger partial charge in [-0.3, -0.25) is 0 Å². The maximum absolute atomic E-state index is 11.7. The Labute approximate surface area is 92.2 Å². The summed E-state index contributed by atoms with van der Waals surface area (Å²) in [5, 5.41) is 0. The van der Waals surface area contributed by atoms with Gasteiger partial charge in [-0.1, -0.05) is 20.8 Å². The van der Waals surface area contributed by atoms with Gasteiger partial charge in [0, 0.05) is 19.1 Å². The zero-order chi connectivity index (χ0) is 11.3. The molecule has 2 aliphatic rings. The summed E-state index contributed by atoms with van der Waals surface area (Å²) in [6.45, 7) is 7.88. The molecule has 4 nitrogen and oxygen atoms in total. The maximum Gasteiger partial charge on any atom is 0.279 e. The first-order valence-corrected chi connectivity index (χ1v) is 7.03. The number of nitrogens with one attached hydrogen (secondary N) is 1. The molecule has 0 aromatic carbocycles. The van der Waals surface area contributed by atoms with Crippen LogP contribution in [0.5, 0.6) is 0 Å². The van der Waals surface area contributed by atoms with Gasteiger partial charge in [0.1, 0.15) is 0 Å². The van der Waals surface area contributed by atoms with E-state index >= 15 is 0 Å². The summed E-state index contributed by atoms with van der Waals surface area (Å²) >= 11 is 0. The second-order valence-corrected chi connectivity index (χ2v) is 7.35. The molecule has 88 valence electrons. The van der Waals surface area contributed by atoms with Gasteiger partial charge in [0.05, 0.1) is 0 Å². The molecule has 0 aromatic rings. The summed E-state index contributed by atoms with van der Waals surface area (Å²) in [5.41, 5.74) is 0.185. The van der Waals surface area contributed by atoms with Gasteiger partial charge in [-0.25, -0.2) is 4.72 Å². The van der Waals surface area contributed by atoms with Crippen molar-refractivity contribution in [2.75, 3.05) is 13.1 Å². The standard InChI is InChI=1S/C10H20N2O2S/c1-10(2,3)8-5-4-6-12-9(8)7-11-15(12,13)14/h8-9,11H,4-7H2,1-3H3. The Balaban J connectivity index is 2.26. The van der Waals surface area contributed by atoms with Crippen LogP contribution in [-0.2, 0) is 10.2 Å². The average Bonchev–Trinajstić information content (AvgIpc) is 2.41. The first-order chi connectivity index (χ1) is 6.82. The molecule has 15 heavy (non-hydrogen) atoms. The lowest BCUT2D eigenvalue weighted by molar-refractivity contribution is 0.0972. The number of hydrogen-bond donors (Lipinski definition) is 1. The van der Waals surface area contributed by atoms with Crippen molar-refractivity contribution in [3.63, 3.8) is 0 Å². The van der Waals surface area contributed by atoms with Crippen LogP contribution >= 0.6 is 0 Å². The quantitative estimate of drug-likeness (QED) is 0.676. The van der Waals surface area contributed by atoms with Crippen molar-refractivity contribution >= 4 is 10.2 Å². The third-order valence-corrected chi connectivity index (χ3v) is 5.23. The zero-order valence-corrected chi connectivity index (χ0v) is 10.5. The van der Waals surface area contributed by atoms with Crippen LogP contribution in [0, 0.1) is 11.3 Å². The minimum Gasteiger partial charge on any atom is -0.200 e. The predicted molar refractivity (Wildman–Crippen MR) is 59.6 cm³/mol. The van der Waals surface area contributed by atoms with Crippen molar-refractivity contribution in [3.8, 4) is 0 Å². The Kier molecular flexibility index (Phi) is 2.60. The minimum atomic E-state index is -3.16. The molecule has 0 saturated carbocycles. The molecular weight excluding hydrogens is 212 g/mol. The van der Waals surface area contributed by atoms with Crippen LogP contribution < -0.4 is 4.72 Å². The molecule has 0 amide bonds. The molecule has 2 atom stereocenters. The fraction of sp³-hybridized carbons (Fsp3) is 1.00. The summed E-state index contributed by atoms with van der Waals surface area (Å²) in [7, 11) is -3.16. The average molecular weight is 232 g/mol. The van der Waals surface area contributed by atoms with Gasteiger partial charge in [-0.15, -0.1) is 0 Å².